The molecule has 0 radical (unpaired) electrons. The van der Waals surface area contributed by atoms with Crippen LogP contribution in [0.25, 0.3) is 11.0 Å². The summed E-state index contributed by atoms with van der Waals surface area (Å²) in [4.78, 5) is 35.6. The summed E-state index contributed by atoms with van der Waals surface area (Å²) in [6.45, 7) is 2.58. The summed E-state index contributed by atoms with van der Waals surface area (Å²) >= 11 is 2.24. The smallest absolute Gasteiger partial charge is 0.411 e. The minimum Gasteiger partial charge on any atom is -0.448 e. The molecule has 0 saturated carbocycles. The van der Waals surface area contributed by atoms with Crippen molar-refractivity contribution in [2.75, 3.05) is 31.6 Å². The lowest BCUT2D eigenvalue weighted by molar-refractivity contribution is 0.0813. The maximum Gasteiger partial charge on any atom is 0.411 e. The first-order chi connectivity index (χ1) is 15.1. The molecule has 0 bridgehead atoms. The lowest BCUT2D eigenvalue weighted by Gasteiger charge is -2.31. The Hall–Kier alpha value is -2.59. The Morgan fingerprint density at radius 1 is 1.06 bits per heavy atom. The molecule has 8 heteroatoms. The number of hydrogen-bond donors (Lipinski definition) is 1. The predicted molar refractivity (Wildman–Crippen MR) is 127 cm³/mol. The van der Waals surface area contributed by atoms with Crippen LogP contribution >= 0.6 is 22.6 Å². The van der Waals surface area contributed by atoms with Crippen LogP contribution in [0, 0.1) is 9.49 Å². The van der Waals surface area contributed by atoms with Gasteiger partial charge in [0.15, 0.2) is 5.78 Å². The Bertz CT molecular complexity index is 1060. The number of nitrogens with zero attached hydrogens (tertiary/aromatic N) is 3. The van der Waals surface area contributed by atoms with E-state index in [0.29, 0.717) is 23.3 Å². The lowest BCUT2D eigenvalue weighted by atomic mass is 9.89. The van der Waals surface area contributed by atoms with E-state index in [2.05, 4.69) is 42.8 Å². The third-order valence-electron chi connectivity index (χ3n) is 5.46. The Morgan fingerprint density at radius 2 is 1.81 bits per heavy atom. The van der Waals surface area contributed by atoms with Crippen LogP contribution in [0.5, 0.6) is 0 Å². The fraction of sp³-hybridized carbons (Fsp3) is 0.304. The average Bonchev–Trinajstić information content (AvgIpc) is 2.80. The molecule has 2 heterocycles. The van der Waals surface area contributed by atoms with Crippen LogP contribution in [0.1, 0.15) is 23.2 Å². The summed E-state index contributed by atoms with van der Waals surface area (Å²) in [5.74, 6) is 0.290. The number of carbonyl (C=O) groups excluding carboxylic acids is 2. The summed E-state index contributed by atoms with van der Waals surface area (Å²) in [7, 11) is 0. The third-order valence-corrected chi connectivity index (χ3v) is 6.18. The number of amides is 1. The number of ether oxygens (including phenoxy) is 1. The molecule has 3 aromatic rings. The summed E-state index contributed by atoms with van der Waals surface area (Å²) in [5.41, 5.74) is 2.70. The van der Waals surface area contributed by atoms with Crippen molar-refractivity contribution in [1.82, 2.24) is 14.9 Å². The maximum absolute atomic E-state index is 12.7. The number of likely N-dealkylation sites (tertiary alicyclic amines) is 1. The molecule has 1 aromatic heterocycles. The fourth-order valence-corrected chi connectivity index (χ4v) is 4.14. The van der Waals surface area contributed by atoms with Crippen molar-refractivity contribution >= 4 is 51.2 Å². The van der Waals surface area contributed by atoms with E-state index >= 15 is 0 Å². The van der Waals surface area contributed by atoms with Crippen molar-refractivity contribution in [3.05, 3.63) is 64.0 Å². The van der Waals surface area contributed by atoms with E-state index in [4.69, 9.17) is 4.74 Å². The molecule has 7 nitrogen and oxygen atoms in total. The Labute approximate surface area is 194 Å². The van der Waals surface area contributed by atoms with Gasteiger partial charge in [-0.25, -0.2) is 4.79 Å². The van der Waals surface area contributed by atoms with Gasteiger partial charge in [-0.15, -0.1) is 0 Å². The van der Waals surface area contributed by atoms with Crippen LogP contribution in [0.2, 0.25) is 0 Å². The second kappa shape index (κ2) is 10.1. The molecule has 1 saturated heterocycles. The number of rotatable bonds is 6. The van der Waals surface area contributed by atoms with Crippen molar-refractivity contribution in [2.24, 2.45) is 5.92 Å². The molecule has 1 N–H and O–H groups in total. The summed E-state index contributed by atoms with van der Waals surface area (Å²) < 4.78 is 6.47. The topological polar surface area (TPSA) is 84.4 Å². The molecule has 0 atom stereocenters. The van der Waals surface area contributed by atoms with Crippen molar-refractivity contribution in [1.29, 1.82) is 0 Å². The van der Waals surface area contributed by atoms with E-state index in [0.717, 1.165) is 35.1 Å². The summed E-state index contributed by atoms with van der Waals surface area (Å²) in [6.07, 6.45) is 4.34. The molecule has 31 heavy (non-hydrogen) atoms. The van der Waals surface area contributed by atoms with Gasteiger partial charge in [-0.05, 0) is 72.8 Å². The van der Waals surface area contributed by atoms with Crippen molar-refractivity contribution in [3.63, 3.8) is 0 Å². The summed E-state index contributed by atoms with van der Waals surface area (Å²) in [6, 6.07) is 13.2. The highest BCUT2D eigenvalue weighted by Crippen LogP contribution is 2.22. The minimum atomic E-state index is -0.512. The van der Waals surface area contributed by atoms with E-state index in [9.17, 15) is 9.59 Å². The van der Waals surface area contributed by atoms with Crippen molar-refractivity contribution < 1.29 is 14.3 Å². The Kier molecular flexibility index (Phi) is 7.08. The highest BCUT2D eigenvalue weighted by Gasteiger charge is 2.25. The van der Waals surface area contributed by atoms with E-state index in [-0.39, 0.29) is 18.3 Å². The number of hydrogen-bond acceptors (Lipinski definition) is 6. The van der Waals surface area contributed by atoms with Gasteiger partial charge in [0.1, 0.15) is 12.1 Å². The molecule has 1 fully saturated rings. The molecule has 0 aliphatic carbocycles. The molecule has 1 aliphatic rings. The second-order valence-electron chi connectivity index (χ2n) is 7.48. The number of fused-ring (bicyclic) bond motifs is 1. The number of Topliss-reactive ketones (excluding diaryl/α,β-unsaturated/α-hetero) is 1. The highest BCUT2D eigenvalue weighted by molar-refractivity contribution is 14.1. The molecule has 1 aliphatic heterocycles. The number of para-hydroxylation sites is 1. The number of halogens is 1. The molecule has 160 valence electrons. The maximum atomic E-state index is 12.7. The van der Waals surface area contributed by atoms with Crippen LogP contribution in [-0.4, -0.2) is 53.0 Å². The van der Waals surface area contributed by atoms with E-state index in [1.807, 2.05) is 36.4 Å². The van der Waals surface area contributed by atoms with Crippen molar-refractivity contribution in [2.45, 2.75) is 12.8 Å². The molecule has 4 rings (SSSR count). The third kappa shape index (κ3) is 5.56. The van der Waals surface area contributed by atoms with Gasteiger partial charge in [-0.3, -0.25) is 25.0 Å². The largest absolute Gasteiger partial charge is 0.448 e. The number of aromatic nitrogens is 2. The van der Waals surface area contributed by atoms with Gasteiger partial charge in [0, 0.05) is 34.0 Å². The van der Waals surface area contributed by atoms with Gasteiger partial charge in [0.05, 0.1) is 11.2 Å². The molecule has 0 unspecified atom stereocenters. The fourth-order valence-electron chi connectivity index (χ4n) is 3.78. The Morgan fingerprint density at radius 3 is 2.58 bits per heavy atom. The van der Waals surface area contributed by atoms with E-state index < -0.39 is 6.09 Å². The zero-order valence-corrected chi connectivity index (χ0v) is 19.1. The van der Waals surface area contributed by atoms with Gasteiger partial charge in [0.2, 0.25) is 0 Å². The van der Waals surface area contributed by atoms with Crippen LogP contribution < -0.4 is 5.32 Å². The van der Waals surface area contributed by atoms with Crippen LogP contribution in [-0.2, 0) is 4.74 Å². The quantitative estimate of drug-likeness (QED) is 0.376. The molecule has 0 spiro atoms. The van der Waals surface area contributed by atoms with E-state index in [1.165, 1.54) is 0 Å². The lowest BCUT2D eigenvalue weighted by Crippen LogP contribution is -2.38. The monoisotopic (exact) mass is 530 g/mol. The van der Waals surface area contributed by atoms with Gasteiger partial charge >= 0.3 is 6.09 Å². The van der Waals surface area contributed by atoms with Gasteiger partial charge < -0.3 is 4.74 Å². The molecular formula is C23H23IN4O3. The molecular weight excluding hydrogens is 507 g/mol. The number of carbonyl (C=O) groups is 2. The number of benzene rings is 2. The highest BCUT2D eigenvalue weighted by atomic mass is 127. The second-order valence-corrected chi connectivity index (χ2v) is 8.72. The Balaban J connectivity index is 1.21. The first kappa shape index (κ1) is 21.6. The van der Waals surface area contributed by atoms with E-state index in [1.54, 1.807) is 18.5 Å². The zero-order chi connectivity index (χ0) is 21.6. The molecule has 2 aromatic carbocycles. The average molecular weight is 530 g/mol. The number of anilines is 1. The van der Waals surface area contributed by atoms with Gasteiger partial charge in [-0.1, -0.05) is 18.2 Å². The number of nitrogens with one attached hydrogen (secondary N) is 1. The van der Waals surface area contributed by atoms with Gasteiger partial charge in [0.25, 0.3) is 0 Å². The van der Waals surface area contributed by atoms with Gasteiger partial charge in [-0.2, -0.15) is 0 Å². The minimum absolute atomic E-state index is 0.0630. The van der Waals surface area contributed by atoms with Crippen LogP contribution in [0.4, 0.5) is 10.5 Å². The first-order valence-electron chi connectivity index (χ1n) is 10.3. The normalized spacial score (nSPS) is 15.0. The zero-order valence-electron chi connectivity index (χ0n) is 17.0. The van der Waals surface area contributed by atoms with Crippen LogP contribution in [0.3, 0.4) is 0 Å². The summed E-state index contributed by atoms with van der Waals surface area (Å²) in [5, 5.41) is 2.74. The van der Waals surface area contributed by atoms with Crippen molar-refractivity contribution in [3.8, 4) is 0 Å². The van der Waals surface area contributed by atoms with Crippen LogP contribution in [0.15, 0.2) is 54.9 Å². The first-order valence-corrected chi connectivity index (χ1v) is 11.3. The SMILES string of the molecule is O=C(Nc1cccc2nccnc12)OCCN1CCC(C(=O)c2ccc(I)cc2)CC1. The standard InChI is InChI=1S/C23H23IN4O3/c24-18-6-4-16(5-7-18)22(29)17-8-12-28(13-9-17)14-15-31-23(30)27-20-3-1-2-19-21(20)26-11-10-25-19/h1-7,10-11,17H,8-9,12-15H2,(H,27,30). The molecule has 1 amide bonds. The predicted octanol–water partition coefficient (Wildman–Crippen LogP) is 4.38. The number of piperidine rings is 1. The number of ketones is 1.